The molecule has 0 bridgehead atoms. The SMILES string of the molecule is Cc1ccc(N=C2NC(=O)[C@H](Cc3nc(CCc4ccccc4)n[nH]3)S2)cc1. The molecule has 1 amide bonds. The van der Waals surface area contributed by atoms with Crippen molar-refractivity contribution in [3.63, 3.8) is 0 Å². The summed E-state index contributed by atoms with van der Waals surface area (Å²) in [7, 11) is 0. The van der Waals surface area contributed by atoms with Gasteiger partial charge in [0.15, 0.2) is 11.0 Å². The molecule has 1 aromatic heterocycles. The van der Waals surface area contributed by atoms with Crippen molar-refractivity contribution in [1.29, 1.82) is 0 Å². The van der Waals surface area contributed by atoms with Gasteiger partial charge in [-0.2, -0.15) is 5.10 Å². The van der Waals surface area contributed by atoms with Crippen molar-refractivity contribution in [2.24, 2.45) is 4.99 Å². The number of aryl methyl sites for hydroxylation is 3. The van der Waals surface area contributed by atoms with Crippen molar-refractivity contribution < 1.29 is 4.79 Å². The van der Waals surface area contributed by atoms with Crippen molar-refractivity contribution >= 4 is 28.5 Å². The molecule has 1 atom stereocenters. The molecule has 1 aliphatic rings. The summed E-state index contributed by atoms with van der Waals surface area (Å²) in [4.78, 5) is 21.3. The van der Waals surface area contributed by atoms with Gasteiger partial charge in [-0.25, -0.2) is 9.98 Å². The minimum absolute atomic E-state index is 0.0434. The van der Waals surface area contributed by atoms with E-state index in [1.807, 2.05) is 49.4 Å². The maximum Gasteiger partial charge on any atom is 0.239 e. The highest BCUT2D eigenvalue weighted by molar-refractivity contribution is 8.15. The molecule has 2 heterocycles. The number of aromatic nitrogens is 3. The van der Waals surface area contributed by atoms with Crippen LogP contribution in [0.4, 0.5) is 5.69 Å². The molecule has 0 unspecified atom stereocenters. The monoisotopic (exact) mass is 391 g/mol. The number of hydrogen-bond acceptors (Lipinski definition) is 5. The smallest absolute Gasteiger partial charge is 0.239 e. The second kappa shape index (κ2) is 8.39. The van der Waals surface area contributed by atoms with Crippen LogP contribution in [0.15, 0.2) is 59.6 Å². The highest BCUT2D eigenvalue weighted by atomic mass is 32.2. The molecule has 28 heavy (non-hydrogen) atoms. The van der Waals surface area contributed by atoms with Crippen molar-refractivity contribution in [3.8, 4) is 0 Å². The number of amidine groups is 1. The maximum absolute atomic E-state index is 12.3. The zero-order chi connectivity index (χ0) is 19.3. The van der Waals surface area contributed by atoms with E-state index in [-0.39, 0.29) is 11.2 Å². The van der Waals surface area contributed by atoms with E-state index in [1.165, 1.54) is 22.9 Å². The zero-order valence-electron chi connectivity index (χ0n) is 15.6. The molecule has 6 nitrogen and oxygen atoms in total. The van der Waals surface area contributed by atoms with Crippen LogP contribution >= 0.6 is 11.8 Å². The third-order valence-electron chi connectivity index (χ3n) is 4.48. The summed E-state index contributed by atoms with van der Waals surface area (Å²) in [5.74, 6) is 1.46. The van der Waals surface area contributed by atoms with Crippen LogP contribution in [0.2, 0.25) is 0 Å². The van der Waals surface area contributed by atoms with Gasteiger partial charge in [0, 0.05) is 12.8 Å². The third-order valence-corrected chi connectivity index (χ3v) is 5.56. The number of H-pyrrole nitrogens is 1. The molecular formula is C21H21N5OS. The van der Waals surface area contributed by atoms with Crippen molar-refractivity contribution in [2.45, 2.75) is 31.4 Å². The van der Waals surface area contributed by atoms with Crippen LogP contribution in [0.3, 0.4) is 0 Å². The molecule has 1 aliphatic heterocycles. The summed E-state index contributed by atoms with van der Waals surface area (Å²) in [5, 5.41) is 10.5. The fraction of sp³-hybridized carbons (Fsp3) is 0.238. The first kappa shape index (κ1) is 18.4. The summed E-state index contributed by atoms with van der Waals surface area (Å²) < 4.78 is 0. The number of carbonyl (C=O) groups is 1. The first-order valence-electron chi connectivity index (χ1n) is 9.23. The third kappa shape index (κ3) is 4.67. The topological polar surface area (TPSA) is 83.0 Å². The summed E-state index contributed by atoms with van der Waals surface area (Å²) in [6.45, 7) is 2.03. The average Bonchev–Trinajstić information content (AvgIpc) is 3.29. The van der Waals surface area contributed by atoms with Crippen LogP contribution in [0.5, 0.6) is 0 Å². The molecule has 2 N–H and O–H groups in total. The Kier molecular flexibility index (Phi) is 5.53. The minimum atomic E-state index is -0.251. The van der Waals surface area contributed by atoms with E-state index in [9.17, 15) is 4.79 Å². The number of hydrogen-bond donors (Lipinski definition) is 2. The van der Waals surface area contributed by atoms with E-state index in [1.54, 1.807) is 0 Å². The molecule has 3 aromatic rings. The Morgan fingerprint density at radius 2 is 1.86 bits per heavy atom. The van der Waals surface area contributed by atoms with Crippen LogP contribution in [0.25, 0.3) is 0 Å². The molecule has 0 radical (unpaired) electrons. The van der Waals surface area contributed by atoms with E-state index >= 15 is 0 Å². The fourth-order valence-electron chi connectivity index (χ4n) is 2.94. The summed E-state index contributed by atoms with van der Waals surface area (Å²) in [6.07, 6.45) is 2.16. The van der Waals surface area contributed by atoms with E-state index in [2.05, 4.69) is 37.6 Å². The number of nitrogens with zero attached hydrogens (tertiary/aromatic N) is 3. The Hall–Kier alpha value is -2.93. The molecule has 4 rings (SSSR count). The van der Waals surface area contributed by atoms with Crippen molar-refractivity contribution in [1.82, 2.24) is 20.5 Å². The quantitative estimate of drug-likeness (QED) is 0.675. The van der Waals surface area contributed by atoms with Gasteiger partial charge in [-0.1, -0.05) is 59.8 Å². The second-order valence-corrected chi connectivity index (χ2v) is 7.93. The summed E-state index contributed by atoms with van der Waals surface area (Å²) in [6, 6.07) is 18.2. The standard InChI is InChI=1S/C21H21N5OS/c1-14-7-10-16(11-8-14)22-21-24-20(27)17(28-21)13-19-23-18(25-26-19)12-9-15-5-3-2-4-6-15/h2-8,10-11,17H,9,12-13H2,1H3,(H,22,24,27)(H,23,25,26)/t17-/m0/s1. The molecule has 0 spiro atoms. The zero-order valence-corrected chi connectivity index (χ0v) is 16.4. The van der Waals surface area contributed by atoms with E-state index in [0.717, 1.165) is 30.2 Å². The Bertz CT molecular complexity index is 982. The summed E-state index contributed by atoms with van der Waals surface area (Å²) >= 11 is 1.43. The highest BCUT2D eigenvalue weighted by Crippen LogP contribution is 2.25. The number of nitrogens with one attached hydrogen (secondary N) is 2. The normalized spacial score (nSPS) is 17.8. The van der Waals surface area contributed by atoms with Crippen LogP contribution in [0.1, 0.15) is 22.8 Å². The maximum atomic E-state index is 12.3. The minimum Gasteiger partial charge on any atom is -0.304 e. The highest BCUT2D eigenvalue weighted by Gasteiger charge is 2.31. The molecule has 1 saturated heterocycles. The molecule has 1 fully saturated rings. The van der Waals surface area contributed by atoms with Gasteiger partial charge in [0.1, 0.15) is 5.82 Å². The van der Waals surface area contributed by atoms with Gasteiger partial charge in [0.2, 0.25) is 5.91 Å². The van der Waals surface area contributed by atoms with Gasteiger partial charge in [-0.15, -0.1) is 0 Å². The van der Waals surface area contributed by atoms with Crippen LogP contribution in [-0.4, -0.2) is 31.5 Å². The lowest BCUT2D eigenvalue weighted by atomic mass is 10.1. The number of amides is 1. The number of rotatable bonds is 6. The van der Waals surface area contributed by atoms with Gasteiger partial charge in [-0.3, -0.25) is 9.89 Å². The predicted molar refractivity (Wildman–Crippen MR) is 112 cm³/mol. The van der Waals surface area contributed by atoms with E-state index in [4.69, 9.17) is 0 Å². The fourth-order valence-corrected chi connectivity index (χ4v) is 3.94. The predicted octanol–water partition coefficient (Wildman–Crippen LogP) is 3.36. The van der Waals surface area contributed by atoms with Gasteiger partial charge in [0.25, 0.3) is 0 Å². The number of carbonyl (C=O) groups excluding carboxylic acids is 1. The van der Waals surface area contributed by atoms with Crippen molar-refractivity contribution in [3.05, 3.63) is 77.4 Å². The molecule has 2 aromatic carbocycles. The lowest BCUT2D eigenvalue weighted by Gasteiger charge is -2.01. The average molecular weight is 392 g/mol. The molecule has 0 saturated carbocycles. The number of aliphatic imine (C=N–C) groups is 1. The van der Waals surface area contributed by atoms with Crippen LogP contribution < -0.4 is 5.32 Å². The van der Waals surface area contributed by atoms with Crippen molar-refractivity contribution in [2.75, 3.05) is 0 Å². The van der Waals surface area contributed by atoms with Gasteiger partial charge in [0.05, 0.1) is 10.9 Å². The molecule has 7 heteroatoms. The van der Waals surface area contributed by atoms with E-state index in [0.29, 0.717) is 11.6 Å². The van der Waals surface area contributed by atoms with Crippen LogP contribution in [-0.2, 0) is 24.1 Å². The Morgan fingerprint density at radius 3 is 2.64 bits per heavy atom. The number of aromatic amines is 1. The summed E-state index contributed by atoms with van der Waals surface area (Å²) in [5.41, 5.74) is 3.27. The molecular weight excluding hydrogens is 370 g/mol. The number of thioether (sulfide) groups is 1. The van der Waals surface area contributed by atoms with Crippen LogP contribution in [0, 0.1) is 6.92 Å². The first-order chi connectivity index (χ1) is 13.7. The Morgan fingerprint density at radius 1 is 1.07 bits per heavy atom. The first-order valence-corrected chi connectivity index (χ1v) is 10.1. The van der Waals surface area contributed by atoms with E-state index < -0.39 is 0 Å². The largest absolute Gasteiger partial charge is 0.304 e. The number of benzene rings is 2. The van der Waals surface area contributed by atoms with Gasteiger partial charge < -0.3 is 5.32 Å². The van der Waals surface area contributed by atoms with Gasteiger partial charge in [-0.05, 0) is 31.0 Å². The lowest BCUT2D eigenvalue weighted by molar-refractivity contribution is -0.118. The van der Waals surface area contributed by atoms with Gasteiger partial charge >= 0.3 is 0 Å². The molecule has 0 aliphatic carbocycles. The lowest BCUT2D eigenvalue weighted by Crippen LogP contribution is -2.26. The second-order valence-electron chi connectivity index (χ2n) is 6.74. The Balaban J connectivity index is 1.35. The molecule has 142 valence electrons. The Labute approximate surface area is 167 Å².